The standard InChI is InChI=1S/C12H7BrClF3OS/c13-8-5-9(19-11(8)14)10(18)6-2-1-3-7(4-6)12(15,16)17/h1-5,10,18H. The predicted octanol–water partition coefficient (Wildman–Crippen LogP) is 5.26. The van der Waals surface area contributed by atoms with Gasteiger partial charge in [-0.2, -0.15) is 13.2 Å². The SMILES string of the molecule is OC(c1cccc(C(F)(F)F)c1)c1cc(Br)c(Cl)s1. The van der Waals surface area contributed by atoms with Crippen LogP contribution in [0.4, 0.5) is 13.2 Å². The quantitative estimate of drug-likeness (QED) is 0.763. The van der Waals surface area contributed by atoms with Crippen molar-refractivity contribution in [2.24, 2.45) is 0 Å². The molecule has 102 valence electrons. The highest BCUT2D eigenvalue weighted by Gasteiger charge is 2.31. The fourth-order valence-electron chi connectivity index (χ4n) is 1.55. The maximum absolute atomic E-state index is 12.6. The van der Waals surface area contributed by atoms with Gasteiger partial charge in [0.25, 0.3) is 0 Å². The average molecular weight is 372 g/mol. The van der Waals surface area contributed by atoms with E-state index >= 15 is 0 Å². The topological polar surface area (TPSA) is 20.2 Å². The molecule has 1 N–H and O–H groups in total. The first-order chi connectivity index (χ1) is 8.79. The molecule has 0 saturated carbocycles. The second-order valence-corrected chi connectivity index (χ2v) is 6.34. The number of thiophene rings is 1. The van der Waals surface area contributed by atoms with Gasteiger partial charge in [-0.05, 0) is 39.7 Å². The summed E-state index contributed by atoms with van der Waals surface area (Å²) in [6, 6.07) is 6.21. The molecule has 0 fully saturated rings. The third kappa shape index (κ3) is 3.31. The van der Waals surface area contributed by atoms with E-state index in [9.17, 15) is 18.3 Å². The molecule has 0 aliphatic carbocycles. The van der Waals surface area contributed by atoms with Gasteiger partial charge in [0, 0.05) is 9.35 Å². The summed E-state index contributed by atoms with van der Waals surface area (Å²) in [6.07, 6.45) is -5.56. The first-order valence-electron chi connectivity index (χ1n) is 5.09. The van der Waals surface area contributed by atoms with Crippen LogP contribution < -0.4 is 0 Å². The monoisotopic (exact) mass is 370 g/mol. The van der Waals surface area contributed by atoms with Gasteiger partial charge in [0.2, 0.25) is 0 Å². The fourth-order valence-corrected chi connectivity index (χ4v) is 3.30. The van der Waals surface area contributed by atoms with Crippen LogP contribution in [0, 0.1) is 0 Å². The van der Waals surface area contributed by atoms with Gasteiger partial charge in [0.05, 0.1) is 5.56 Å². The Hall–Kier alpha value is -0.560. The number of hydrogen-bond acceptors (Lipinski definition) is 2. The van der Waals surface area contributed by atoms with Crippen molar-refractivity contribution in [2.45, 2.75) is 12.3 Å². The van der Waals surface area contributed by atoms with Crippen LogP contribution in [0.25, 0.3) is 0 Å². The van der Waals surface area contributed by atoms with Crippen molar-refractivity contribution in [2.75, 3.05) is 0 Å². The molecule has 0 spiro atoms. The van der Waals surface area contributed by atoms with Crippen LogP contribution in [0.3, 0.4) is 0 Å². The molecule has 1 aromatic heterocycles. The fraction of sp³-hybridized carbons (Fsp3) is 0.167. The van der Waals surface area contributed by atoms with Crippen LogP contribution in [-0.2, 0) is 6.18 Å². The molecule has 2 rings (SSSR count). The van der Waals surface area contributed by atoms with E-state index in [0.29, 0.717) is 13.7 Å². The lowest BCUT2D eigenvalue weighted by Gasteiger charge is -2.12. The second kappa shape index (κ2) is 5.44. The van der Waals surface area contributed by atoms with E-state index in [4.69, 9.17) is 11.6 Å². The lowest BCUT2D eigenvalue weighted by Crippen LogP contribution is -2.06. The summed E-state index contributed by atoms with van der Waals surface area (Å²) in [4.78, 5) is 0.483. The molecule has 1 atom stereocenters. The Morgan fingerprint density at radius 1 is 1.26 bits per heavy atom. The third-order valence-corrected chi connectivity index (χ3v) is 4.99. The minimum Gasteiger partial charge on any atom is -0.383 e. The van der Waals surface area contributed by atoms with Gasteiger partial charge < -0.3 is 5.11 Å². The highest BCUT2D eigenvalue weighted by Crippen LogP contribution is 2.38. The molecule has 0 amide bonds. The molecule has 0 bridgehead atoms. The molecule has 2 aromatic rings. The molecule has 0 aliphatic rings. The van der Waals surface area contributed by atoms with Crippen LogP contribution in [-0.4, -0.2) is 5.11 Å². The average Bonchev–Trinajstić information content (AvgIpc) is 2.68. The first kappa shape index (κ1) is 14.8. The van der Waals surface area contributed by atoms with Gasteiger partial charge in [-0.15, -0.1) is 11.3 Å². The highest BCUT2D eigenvalue weighted by atomic mass is 79.9. The Morgan fingerprint density at radius 3 is 2.47 bits per heavy atom. The summed E-state index contributed by atoms with van der Waals surface area (Å²) in [5, 5.41) is 10.1. The second-order valence-electron chi connectivity index (χ2n) is 3.80. The number of aliphatic hydroxyl groups excluding tert-OH is 1. The largest absolute Gasteiger partial charge is 0.416 e. The van der Waals surface area contributed by atoms with Crippen LogP contribution in [0.1, 0.15) is 22.1 Å². The van der Waals surface area contributed by atoms with E-state index in [1.54, 1.807) is 6.07 Å². The summed E-state index contributed by atoms with van der Waals surface area (Å²) >= 11 is 10.2. The van der Waals surface area contributed by atoms with Gasteiger partial charge in [-0.3, -0.25) is 0 Å². The van der Waals surface area contributed by atoms with E-state index in [0.717, 1.165) is 23.5 Å². The number of halogens is 5. The molecule has 0 saturated heterocycles. The van der Waals surface area contributed by atoms with Crippen LogP contribution in [0.5, 0.6) is 0 Å². The Kier molecular flexibility index (Phi) is 4.25. The molecular weight excluding hydrogens is 365 g/mol. The summed E-state index contributed by atoms with van der Waals surface area (Å²) in [5.41, 5.74) is -0.606. The zero-order valence-corrected chi connectivity index (χ0v) is 12.4. The van der Waals surface area contributed by atoms with Crippen molar-refractivity contribution in [1.29, 1.82) is 0 Å². The summed E-state index contributed by atoms with van der Waals surface area (Å²) < 4.78 is 38.8. The zero-order valence-electron chi connectivity index (χ0n) is 9.21. The summed E-state index contributed by atoms with van der Waals surface area (Å²) in [6.45, 7) is 0. The van der Waals surface area contributed by atoms with E-state index < -0.39 is 17.8 Å². The summed E-state index contributed by atoms with van der Waals surface area (Å²) in [5.74, 6) is 0. The Balaban J connectivity index is 2.36. The molecule has 0 aliphatic heterocycles. The molecule has 1 unspecified atom stereocenters. The number of rotatable bonds is 2. The highest BCUT2D eigenvalue weighted by molar-refractivity contribution is 9.10. The summed E-state index contributed by atoms with van der Waals surface area (Å²) in [7, 11) is 0. The molecule has 1 heterocycles. The van der Waals surface area contributed by atoms with Crippen molar-refractivity contribution in [3.63, 3.8) is 0 Å². The van der Waals surface area contributed by atoms with Crippen molar-refractivity contribution in [1.82, 2.24) is 0 Å². The van der Waals surface area contributed by atoms with Gasteiger partial charge in [-0.25, -0.2) is 0 Å². The third-order valence-electron chi connectivity index (χ3n) is 2.46. The molecule has 19 heavy (non-hydrogen) atoms. The minimum atomic E-state index is -4.43. The van der Waals surface area contributed by atoms with Crippen molar-refractivity contribution < 1.29 is 18.3 Å². The van der Waals surface area contributed by atoms with Crippen LogP contribution in [0.2, 0.25) is 4.34 Å². The molecule has 0 radical (unpaired) electrons. The molecule has 7 heteroatoms. The Morgan fingerprint density at radius 2 is 1.95 bits per heavy atom. The lowest BCUT2D eigenvalue weighted by atomic mass is 10.0. The minimum absolute atomic E-state index is 0.181. The van der Waals surface area contributed by atoms with Gasteiger partial charge >= 0.3 is 6.18 Å². The number of benzene rings is 1. The van der Waals surface area contributed by atoms with Crippen LogP contribution >= 0.6 is 38.9 Å². The van der Waals surface area contributed by atoms with E-state index in [1.165, 1.54) is 12.1 Å². The Labute approximate surface area is 124 Å². The van der Waals surface area contributed by atoms with Gasteiger partial charge in [0.1, 0.15) is 10.4 Å². The van der Waals surface area contributed by atoms with Crippen molar-refractivity contribution in [3.8, 4) is 0 Å². The van der Waals surface area contributed by atoms with Crippen molar-refractivity contribution >= 4 is 38.9 Å². The lowest BCUT2D eigenvalue weighted by molar-refractivity contribution is -0.137. The van der Waals surface area contributed by atoms with Crippen LogP contribution in [0.15, 0.2) is 34.8 Å². The van der Waals surface area contributed by atoms with Gasteiger partial charge in [0.15, 0.2) is 0 Å². The molecular formula is C12H7BrClF3OS. The molecule has 1 aromatic carbocycles. The maximum Gasteiger partial charge on any atom is 0.416 e. The number of hydrogen-bond donors (Lipinski definition) is 1. The Bertz CT molecular complexity index is 577. The number of aliphatic hydroxyl groups is 1. The molecule has 1 nitrogen and oxygen atoms in total. The van der Waals surface area contributed by atoms with Gasteiger partial charge in [-0.1, -0.05) is 23.7 Å². The van der Waals surface area contributed by atoms with E-state index in [-0.39, 0.29) is 5.56 Å². The normalized spacial score (nSPS) is 13.6. The first-order valence-corrected chi connectivity index (χ1v) is 7.07. The smallest absolute Gasteiger partial charge is 0.383 e. The predicted molar refractivity (Wildman–Crippen MR) is 72.5 cm³/mol. The van der Waals surface area contributed by atoms with Crippen molar-refractivity contribution in [3.05, 3.63) is 55.1 Å². The number of alkyl halides is 3. The zero-order chi connectivity index (χ0) is 14.2. The van der Waals surface area contributed by atoms with E-state index in [2.05, 4.69) is 15.9 Å². The van der Waals surface area contributed by atoms with E-state index in [1.807, 2.05) is 0 Å². The maximum atomic E-state index is 12.6.